The molecule has 1 saturated carbocycles. The SMILES string of the molecule is CCCc1nnc(NC(=O)C2CC2(Cl)Cl)s1. The molecular weight excluding hydrogens is 269 g/mol. The largest absolute Gasteiger partial charge is 0.300 e. The minimum absolute atomic E-state index is 0.177. The van der Waals surface area contributed by atoms with Crippen molar-refractivity contribution in [1.82, 2.24) is 10.2 Å². The summed E-state index contributed by atoms with van der Waals surface area (Å²) >= 11 is 13.0. The standard InChI is InChI=1S/C9H11Cl2N3OS/c1-2-3-6-13-14-8(16-6)12-7(15)5-4-9(5,10)11/h5H,2-4H2,1H3,(H,12,14,15). The summed E-state index contributed by atoms with van der Waals surface area (Å²) in [6, 6.07) is 0. The Morgan fingerprint density at radius 3 is 2.88 bits per heavy atom. The van der Waals surface area contributed by atoms with E-state index in [1.165, 1.54) is 11.3 Å². The highest BCUT2D eigenvalue weighted by atomic mass is 35.5. The van der Waals surface area contributed by atoms with Crippen molar-refractivity contribution in [3.05, 3.63) is 5.01 Å². The molecule has 1 aliphatic carbocycles. The van der Waals surface area contributed by atoms with Crippen molar-refractivity contribution in [1.29, 1.82) is 0 Å². The third-order valence-corrected chi connectivity index (χ3v) is 4.04. The molecule has 0 radical (unpaired) electrons. The molecule has 0 bridgehead atoms. The third-order valence-electron chi connectivity index (χ3n) is 2.30. The van der Waals surface area contributed by atoms with Gasteiger partial charge in [-0.05, 0) is 12.8 Å². The molecule has 1 N–H and O–H groups in total. The number of nitrogens with zero attached hydrogens (tertiary/aromatic N) is 2. The van der Waals surface area contributed by atoms with Gasteiger partial charge in [-0.1, -0.05) is 18.3 Å². The maximum atomic E-state index is 11.6. The molecule has 1 unspecified atom stereocenters. The summed E-state index contributed by atoms with van der Waals surface area (Å²) < 4.78 is -0.888. The van der Waals surface area contributed by atoms with Crippen LogP contribution in [0.15, 0.2) is 0 Å². The van der Waals surface area contributed by atoms with Crippen LogP contribution in [-0.2, 0) is 11.2 Å². The van der Waals surface area contributed by atoms with Crippen molar-refractivity contribution in [3.8, 4) is 0 Å². The number of carbonyl (C=O) groups excluding carboxylic acids is 1. The number of nitrogens with one attached hydrogen (secondary N) is 1. The number of hydrogen-bond donors (Lipinski definition) is 1. The Morgan fingerprint density at radius 2 is 2.31 bits per heavy atom. The first-order valence-electron chi connectivity index (χ1n) is 5.04. The van der Waals surface area contributed by atoms with E-state index in [1.807, 2.05) is 0 Å². The van der Waals surface area contributed by atoms with E-state index in [4.69, 9.17) is 23.2 Å². The molecule has 0 spiro atoms. The van der Waals surface area contributed by atoms with Crippen molar-refractivity contribution in [2.75, 3.05) is 5.32 Å². The number of carbonyl (C=O) groups is 1. The van der Waals surface area contributed by atoms with Crippen molar-refractivity contribution in [3.63, 3.8) is 0 Å². The van der Waals surface area contributed by atoms with Crippen LogP contribution in [0, 0.1) is 5.92 Å². The van der Waals surface area contributed by atoms with Crippen molar-refractivity contribution in [2.24, 2.45) is 5.92 Å². The molecule has 7 heteroatoms. The fraction of sp³-hybridized carbons (Fsp3) is 0.667. The monoisotopic (exact) mass is 279 g/mol. The van der Waals surface area contributed by atoms with Gasteiger partial charge in [0, 0.05) is 6.42 Å². The van der Waals surface area contributed by atoms with Gasteiger partial charge in [0.15, 0.2) is 0 Å². The number of amides is 1. The van der Waals surface area contributed by atoms with Crippen LogP contribution in [0.4, 0.5) is 5.13 Å². The Bertz CT molecular complexity index is 407. The smallest absolute Gasteiger partial charge is 0.232 e. The second kappa shape index (κ2) is 4.47. The number of aromatic nitrogens is 2. The van der Waals surface area contributed by atoms with Crippen LogP contribution in [0.1, 0.15) is 24.8 Å². The second-order valence-electron chi connectivity index (χ2n) is 3.76. The number of alkyl halides is 2. The highest BCUT2D eigenvalue weighted by molar-refractivity contribution is 7.15. The maximum absolute atomic E-state index is 11.6. The van der Waals surface area contributed by atoms with E-state index < -0.39 is 4.33 Å². The molecule has 1 aromatic rings. The normalized spacial score (nSPS) is 21.8. The topological polar surface area (TPSA) is 54.9 Å². The lowest BCUT2D eigenvalue weighted by Gasteiger charge is -1.99. The number of hydrogen-bond acceptors (Lipinski definition) is 4. The summed E-state index contributed by atoms with van der Waals surface area (Å²) in [6.07, 6.45) is 2.39. The van der Waals surface area contributed by atoms with Crippen LogP contribution in [0.5, 0.6) is 0 Å². The van der Waals surface area contributed by atoms with Gasteiger partial charge >= 0.3 is 0 Å². The fourth-order valence-electron chi connectivity index (χ4n) is 1.31. The lowest BCUT2D eigenvalue weighted by atomic mass is 10.4. The van der Waals surface area contributed by atoms with E-state index in [0.717, 1.165) is 17.8 Å². The first-order chi connectivity index (χ1) is 7.53. The summed E-state index contributed by atoms with van der Waals surface area (Å²) in [5.41, 5.74) is 0. The first-order valence-corrected chi connectivity index (χ1v) is 6.61. The molecule has 1 aromatic heterocycles. The molecule has 1 fully saturated rings. The van der Waals surface area contributed by atoms with Gasteiger partial charge in [0.05, 0.1) is 5.92 Å². The van der Waals surface area contributed by atoms with Crippen molar-refractivity contribution >= 4 is 45.6 Å². The third kappa shape index (κ3) is 2.64. The summed E-state index contributed by atoms with van der Waals surface area (Å²) in [7, 11) is 0. The molecule has 2 rings (SSSR count). The molecule has 1 atom stereocenters. The van der Waals surface area contributed by atoms with Crippen LogP contribution >= 0.6 is 34.5 Å². The summed E-state index contributed by atoms with van der Waals surface area (Å²) in [6.45, 7) is 2.07. The zero-order valence-electron chi connectivity index (χ0n) is 8.67. The van der Waals surface area contributed by atoms with Crippen molar-refractivity contribution < 1.29 is 4.79 Å². The number of rotatable bonds is 4. The highest BCUT2D eigenvalue weighted by Gasteiger charge is 2.56. The van der Waals surface area contributed by atoms with Gasteiger partial charge in [-0.2, -0.15) is 0 Å². The minimum atomic E-state index is -0.888. The quantitative estimate of drug-likeness (QED) is 0.862. The summed E-state index contributed by atoms with van der Waals surface area (Å²) in [4.78, 5) is 11.6. The van der Waals surface area contributed by atoms with Crippen LogP contribution in [0.3, 0.4) is 0 Å². The molecule has 1 heterocycles. The Morgan fingerprint density at radius 1 is 1.62 bits per heavy atom. The van der Waals surface area contributed by atoms with E-state index >= 15 is 0 Å². The van der Waals surface area contributed by atoms with Gasteiger partial charge in [0.1, 0.15) is 9.34 Å². The van der Waals surface area contributed by atoms with Gasteiger partial charge in [0.25, 0.3) is 0 Å². The number of halogens is 2. The maximum Gasteiger partial charge on any atom is 0.232 e. The second-order valence-corrected chi connectivity index (χ2v) is 6.36. The minimum Gasteiger partial charge on any atom is -0.300 e. The average molecular weight is 280 g/mol. The molecule has 16 heavy (non-hydrogen) atoms. The lowest BCUT2D eigenvalue weighted by Crippen LogP contribution is -2.16. The Kier molecular flexibility index (Phi) is 3.37. The molecular formula is C9H11Cl2N3OS. The van der Waals surface area contributed by atoms with E-state index in [9.17, 15) is 4.79 Å². The molecule has 4 nitrogen and oxygen atoms in total. The van der Waals surface area contributed by atoms with Gasteiger partial charge in [-0.25, -0.2) is 0 Å². The van der Waals surface area contributed by atoms with Crippen LogP contribution in [-0.4, -0.2) is 20.4 Å². The number of anilines is 1. The summed E-state index contributed by atoms with van der Waals surface area (Å²) in [5.74, 6) is -0.501. The zero-order valence-corrected chi connectivity index (χ0v) is 11.0. The highest BCUT2D eigenvalue weighted by Crippen LogP contribution is 2.53. The van der Waals surface area contributed by atoms with E-state index in [2.05, 4.69) is 22.4 Å². The van der Waals surface area contributed by atoms with Crippen LogP contribution in [0.25, 0.3) is 0 Å². The molecule has 0 aromatic carbocycles. The van der Waals surface area contributed by atoms with Gasteiger partial charge in [-0.15, -0.1) is 33.4 Å². The predicted octanol–water partition coefficient (Wildman–Crippen LogP) is 2.62. The van der Waals surface area contributed by atoms with E-state index in [1.54, 1.807) is 0 Å². The van der Waals surface area contributed by atoms with Gasteiger partial charge in [-0.3, -0.25) is 4.79 Å². The van der Waals surface area contributed by atoms with Crippen molar-refractivity contribution in [2.45, 2.75) is 30.5 Å². The molecule has 0 saturated heterocycles. The molecule has 88 valence electrons. The predicted molar refractivity (Wildman–Crippen MR) is 65.1 cm³/mol. The van der Waals surface area contributed by atoms with Gasteiger partial charge in [0.2, 0.25) is 11.0 Å². The molecule has 0 aliphatic heterocycles. The Balaban J connectivity index is 1.91. The van der Waals surface area contributed by atoms with Crippen LogP contribution < -0.4 is 5.32 Å². The molecule has 1 amide bonds. The number of aryl methyl sites for hydroxylation is 1. The van der Waals surface area contributed by atoms with Crippen LogP contribution in [0.2, 0.25) is 0 Å². The van der Waals surface area contributed by atoms with E-state index in [0.29, 0.717) is 11.6 Å². The first kappa shape index (κ1) is 12.1. The summed E-state index contributed by atoms with van der Waals surface area (Å²) in [5, 5.41) is 12.0. The van der Waals surface area contributed by atoms with E-state index in [-0.39, 0.29) is 11.8 Å². The zero-order chi connectivity index (χ0) is 11.8. The average Bonchev–Trinajstić information content (AvgIpc) is 2.64. The molecule has 1 aliphatic rings. The Hall–Kier alpha value is -0.390. The Labute approximate surface area is 107 Å². The fourth-order valence-corrected chi connectivity index (χ4v) is 2.66. The lowest BCUT2D eigenvalue weighted by molar-refractivity contribution is -0.117. The van der Waals surface area contributed by atoms with Gasteiger partial charge < -0.3 is 5.32 Å².